The molecule has 0 fully saturated rings. The van der Waals surface area contributed by atoms with Crippen LogP contribution in [0.2, 0.25) is 0 Å². The van der Waals surface area contributed by atoms with E-state index in [9.17, 15) is 0 Å². The summed E-state index contributed by atoms with van der Waals surface area (Å²) < 4.78 is 0. The molecule has 0 atom stereocenters. The van der Waals surface area contributed by atoms with Crippen molar-refractivity contribution < 1.29 is 0 Å². The Morgan fingerprint density at radius 2 is 0.518 bits per heavy atom. The molecule has 258 valence electrons. The molecule has 0 spiro atoms. The van der Waals surface area contributed by atoms with Crippen molar-refractivity contribution in [2.75, 3.05) is 0 Å². The van der Waals surface area contributed by atoms with Crippen molar-refractivity contribution in [3.8, 4) is 33.4 Å². The second kappa shape index (κ2) is 12.1. The van der Waals surface area contributed by atoms with Crippen LogP contribution in [0.15, 0.2) is 206 Å². The summed E-state index contributed by atoms with van der Waals surface area (Å²) in [5.74, 6) is 0. The van der Waals surface area contributed by atoms with E-state index in [1.807, 2.05) is 0 Å². The molecule has 0 aliphatic heterocycles. The largest absolute Gasteiger partial charge is 0.0616 e. The van der Waals surface area contributed by atoms with Crippen molar-refractivity contribution >= 4 is 86.2 Å². The topological polar surface area (TPSA) is 0 Å². The third kappa shape index (κ3) is 4.42. The third-order valence-corrected chi connectivity index (χ3v) is 12.2. The zero-order valence-electron chi connectivity index (χ0n) is 30.6. The maximum absolute atomic E-state index is 2.47. The lowest BCUT2D eigenvalue weighted by atomic mass is 9.79. The van der Waals surface area contributed by atoms with Gasteiger partial charge in [0.1, 0.15) is 0 Å². The summed E-state index contributed by atoms with van der Waals surface area (Å²) >= 11 is 0. The predicted octanol–water partition coefficient (Wildman–Crippen LogP) is 15.9. The minimum absolute atomic E-state index is 1.23. The average molecular weight is 707 g/mol. The van der Waals surface area contributed by atoms with Crippen molar-refractivity contribution in [3.05, 3.63) is 206 Å². The Balaban J connectivity index is 1.36. The van der Waals surface area contributed by atoms with Crippen molar-refractivity contribution in [2.45, 2.75) is 0 Å². The van der Waals surface area contributed by atoms with Crippen molar-refractivity contribution in [1.82, 2.24) is 0 Å². The smallest absolute Gasteiger partial charge is 0.00134 e. The van der Waals surface area contributed by atoms with E-state index >= 15 is 0 Å². The Kier molecular flexibility index (Phi) is 6.73. The van der Waals surface area contributed by atoms with Crippen LogP contribution in [0.1, 0.15) is 0 Å². The molecule has 0 nitrogen and oxygen atoms in total. The molecule has 0 heteroatoms. The Hall–Kier alpha value is -7.28. The molecule has 12 rings (SSSR count). The molecule has 56 heavy (non-hydrogen) atoms. The highest BCUT2D eigenvalue weighted by Gasteiger charge is 2.24. The van der Waals surface area contributed by atoms with Gasteiger partial charge in [0.2, 0.25) is 0 Å². The van der Waals surface area contributed by atoms with E-state index in [0.29, 0.717) is 0 Å². The van der Waals surface area contributed by atoms with Crippen molar-refractivity contribution in [3.63, 3.8) is 0 Å². The van der Waals surface area contributed by atoms with Gasteiger partial charge in [0, 0.05) is 0 Å². The Labute approximate surface area is 324 Å². The average Bonchev–Trinajstić information content (AvgIpc) is 3.28. The lowest BCUT2D eigenvalue weighted by molar-refractivity contribution is 1.64. The number of rotatable bonds is 3. The summed E-state index contributed by atoms with van der Waals surface area (Å²) in [6.45, 7) is 0. The summed E-state index contributed by atoms with van der Waals surface area (Å²) in [6.07, 6.45) is 0. The number of hydrogen-bond donors (Lipinski definition) is 0. The maximum Gasteiger partial charge on any atom is -0.00134 e. The van der Waals surface area contributed by atoms with E-state index in [1.165, 1.54) is 120 Å². The molecule has 0 saturated carbocycles. The first-order valence-electron chi connectivity index (χ1n) is 19.5. The van der Waals surface area contributed by atoms with Crippen LogP contribution >= 0.6 is 0 Å². The Bertz CT molecular complexity index is 3490. The normalized spacial score (nSPS) is 11.9. The van der Waals surface area contributed by atoms with Crippen LogP contribution in [0.3, 0.4) is 0 Å². The molecule has 0 unspecified atom stereocenters. The fourth-order valence-electron chi connectivity index (χ4n) is 9.91. The molecule has 0 bridgehead atoms. The first-order valence-corrected chi connectivity index (χ1v) is 19.5. The fourth-order valence-corrected chi connectivity index (χ4v) is 9.91. The van der Waals surface area contributed by atoms with Gasteiger partial charge in [0.15, 0.2) is 0 Å². The van der Waals surface area contributed by atoms with Gasteiger partial charge >= 0.3 is 0 Å². The van der Waals surface area contributed by atoms with E-state index in [4.69, 9.17) is 0 Å². The Morgan fingerprint density at radius 3 is 1.07 bits per heavy atom. The van der Waals surface area contributed by atoms with Gasteiger partial charge in [-0.3, -0.25) is 0 Å². The molecule has 12 aromatic carbocycles. The highest BCUT2D eigenvalue weighted by molar-refractivity contribution is 6.32. The number of hydrogen-bond acceptors (Lipinski definition) is 0. The molecular weight excluding hydrogens is 673 g/mol. The lowest BCUT2D eigenvalue weighted by Crippen LogP contribution is -1.96. The summed E-state index contributed by atoms with van der Waals surface area (Å²) in [7, 11) is 0. The van der Waals surface area contributed by atoms with Crippen LogP contribution in [-0.4, -0.2) is 0 Å². The second-order valence-electron chi connectivity index (χ2n) is 15.1. The summed E-state index contributed by atoms with van der Waals surface area (Å²) in [4.78, 5) is 0. The van der Waals surface area contributed by atoms with E-state index in [0.717, 1.165) is 0 Å². The molecule has 0 saturated heterocycles. The Morgan fingerprint density at radius 1 is 0.179 bits per heavy atom. The first kappa shape index (κ1) is 31.1. The van der Waals surface area contributed by atoms with E-state index < -0.39 is 0 Å². The van der Waals surface area contributed by atoms with Crippen LogP contribution in [0.4, 0.5) is 0 Å². The van der Waals surface area contributed by atoms with E-state index in [1.54, 1.807) is 0 Å². The molecular formula is C56H34. The number of fused-ring (bicyclic) bond motifs is 14. The maximum atomic E-state index is 2.47. The monoisotopic (exact) mass is 706 g/mol. The summed E-state index contributed by atoms with van der Waals surface area (Å²) in [5, 5.41) is 20.3. The molecule has 0 N–H and O–H groups in total. The second-order valence-corrected chi connectivity index (χ2v) is 15.1. The van der Waals surface area contributed by atoms with Crippen LogP contribution in [0, 0.1) is 0 Å². The fraction of sp³-hybridized carbons (Fsp3) is 0. The summed E-state index contributed by atoms with van der Waals surface area (Å²) in [5.41, 5.74) is 7.50. The lowest BCUT2D eigenvalue weighted by Gasteiger charge is -2.24. The zero-order valence-corrected chi connectivity index (χ0v) is 30.6. The summed E-state index contributed by atoms with van der Waals surface area (Å²) in [6, 6.07) is 76.8. The molecule has 0 heterocycles. The molecule has 0 aromatic heterocycles. The standard InChI is InChI=1S/C56H34/c1-3-19-37-35(16-1)18-13-29-45(37)55-38-20-4-2-17-36(38)34-52(50-32-14-30-48-43-23-7-5-21-39(43)41-25-9-11-27-46(41)53(48)50)56(55)51-33-15-31-49-44-24-8-6-22-40(44)42-26-10-12-28-47(42)54(49)51/h1-34H. The van der Waals surface area contributed by atoms with Gasteiger partial charge in [-0.05, 0) is 126 Å². The molecule has 0 aliphatic rings. The first-order chi connectivity index (χ1) is 27.8. The molecule has 0 aliphatic carbocycles. The van der Waals surface area contributed by atoms with Gasteiger partial charge < -0.3 is 0 Å². The highest BCUT2D eigenvalue weighted by Crippen LogP contribution is 2.52. The predicted molar refractivity (Wildman–Crippen MR) is 243 cm³/mol. The van der Waals surface area contributed by atoms with E-state index in [-0.39, 0.29) is 0 Å². The molecule has 0 radical (unpaired) electrons. The quantitative estimate of drug-likeness (QED) is 0.160. The number of benzene rings is 12. The van der Waals surface area contributed by atoms with Crippen molar-refractivity contribution in [1.29, 1.82) is 0 Å². The van der Waals surface area contributed by atoms with Gasteiger partial charge in [-0.25, -0.2) is 0 Å². The highest BCUT2D eigenvalue weighted by atomic mass is 14.3. The van der Waals surface area contributed by atoms with E-state index in [2.05, 4.69) is 206 Å². The van der Waals surface area contributed by atoms with Crippen molar-refractivity contribution in [2.24, 2.45) is 0 Å². The van der Waals surface area contributed by atoms with Crippen LogP contribution in [0.25, 0.3) is 120 Å². The molecule has 0 amide bonds. The van der Waals surface area contributed by atoms with Gasteiger partial charge in [0.05, 0.1) is 0 Å². The zero-order chi connectivity index (χ0) is 36.7. The van der Waals surface area contributed by atoms with Gasteiger partial charge in [-0.1, -0.05) is 200 Å². The van der Waals surface area contributed by atoms with Gasteiger partial charge in [-0.2, -0.15) is 0 Å². The van der Waals surface area contributed by atoms with Gasteiger partial charge in [-0.15, -0.1) is 0 Å². The minimum atomic E-state index is 1.23. The van der Waals surface area contributed by atoms with Crippen LogP contribution < -0.4 is 0 Å². The third-order valence-electron chi connectivity index (χ3n) is 12.2. The minimum Gasteiger partial charge on any atom is -0.0616 e. The SMILES string of the molecule is c1ccc2c(-c3c(-c4cccc5c6ccccc6c6ccccc6c45)c(-c4cccc5c6ccccc6c6ccccc6c45)cc4ccccc34)cccc2c1. The van der Waals surface area contributed by atoms with Crippen LogP contribution in [0.5, 0.6) is 0 Å². The molecule has 12 aromatic rings. The van der Waals surface area contributed by atoms with Gasteiger partial charge in [0.25, 0.3) is 0 Å². The van der Waals surface area contributed by atoms with Crippen LogP contribution in [-0.2, 0) is 0 Å².